The molecule has 0 N–H and O–H groups in total. The zero-order valence-corrected chi connectivity index (χ0v) is 13.4. The van der Waals surface area contributed by atoms with E-state index in [0.717, 1.165) is 26.1 Å². The molecule has 0 atom stereocenters. The lowest BCUT2D eigenvalue weighted by atomic mass is 10.1. The average Bonchev–Trinajstić information content (AvgIpc) is 3.02. The number of hydrogen-bond acceptors (Lipinski definition) is 2. The molecule has 0 saturated carbocycles. The Morgan fingerprint density at radius 3 is 2.68 bits per heavy atom. The summed E-state index contributed by atoms with van der Waals surface area (Å²) in [6, 6.07) is 10.7. The maximum absolute atomic E-state index is 5.50. The van der Waals surface area contributed by atoms with Crippen molar-refractivity contribution >= 4 is 0 Å². The van der Waals surface area contributed by atoms with Gasteiger partial charge in [0.1, 0.15) is 0 Å². The SMILES string of the molecule is C#CCN(CCCCCn1cccn1)Cc1ccc(C)cc1. The van der Waals surface area contributed by atoms with E-state index in [9.17, 15) is 0 Å². The van der Waals surface area contributed by atoms with Crippen LogP contribution in [-0.2, 0) is 13.1 Å². The molecule has 0 fully saturated rings. The van der Waals surface area contributed by atoms with E-state index in [1.807, 2.05) is 23.1 Å². The monoisotopic (exact) mass is 295 g/mol. The number of hydrogen-bond donors (Lipinski definition) is 0. The lowest BCUT2D eigenvalue weighted by Gasteiger charge is -2.20. The Balaban J connectivity index is 1.69. The van der Waals surface area contributed by atoms with Gasteiger partial charge in [0, 0.05) is 25.5 Å². The molecule has 1 heterocycles. The molecule has 0 aliphatic carbocycles. The van der Waals surface area contributed by atoms with Crippen LogP contribution < -0.4 is 0 Å². The van der Waals surface area contributed by atoms with Crippen molar-refractivity contribution in [1.82, 2.24) is 14.7 Å². The molecule has 0 aliphatic rings. The third kappa shape index (κ3) is 5.75. The molecular weight excluding hydrogens is 270 g/mol. The number of aromatic nitrogens is 2. The Kier molecular flexibility index (Phi) is 6.73. The number of unbranched alkanes of at least 4 members (excludes halogenated alkanes) is 2. The van der Waals surface area contributed by atoms with E-state index in [2.05, 4.69) is 47.1 Å². The molecule has 2 rings (SSSR count). The maximum atomic E-state index is 5.50. The minimum atomic E-state index is 0.715. The molecule has 0 spiro atoms. The van der Waals surface area contributed by atoms with Crippen LogP contribution in [0.5, 0.6) is 0 Å². The van der Waals surface area contributed by atoms with Crippen molar-refractivity contribution in [1.29, 1.82) is 0 Å². The van der Waals surface area contributed by atoms with Crippen molar-refractivity contribution in [3.05, 3.63) is 53.9 Å². The van der Waals surface area contributed by atoms with Gasteiger partial charge in [0.15, 0.2) is 0 Å². The molecule has 1 aromatic carbocycles. The van der Waals surface area contributed by atoms with Gasteiger partial charge < -0.3 is 0 Å². The Bertz CT molecular complexity index is 564. The van der Waals surface area contributed by atoms with Gasteiger partial charge in [-0.05, 0) is 37.9 Å². The zero-order chi connectivity index (χ0) is 15.6. The summed E-state index contributed by atoms with van der Waals surface area (Å²) in [4.78, 5) is 2.35. The smallest absolute Gasteiger partial charge is 0.0601 e. The maximum Gasteiger partial charge on any atom is 0.0601 e. The number of nitrogens with zero attached hydrogens (tertiary/aromatic N) is 3. The van der Waals surface area contributed by atoms with Crippen LogP contribution in [0.2, 0.25) is 0 Å². The van der Waals surface area contributed by atoms with E-state index in [4.69, 9.17) is 6.42 Å². The van der Waals surface area contributed by atoms with Crippen LogP contribution in [0.15, 0.2) is 42.7 Å². The van der Waals surface area contributed by atoms with E-state index in [1.165, 1.54) is 24.0 Å². The predicted molar refractivity (Wildman–Crippen MR) is 91.4 cm³/mol. The Morgan fingerprint density at radius 2 is 2.00 bits per heavy atom. The summed E-state index contributed by atoms with van der Waals surface area (Å²) in [5.41, 5.74) is 2.63. The number of benzene rings is 1. The molecule has 1 aromatic heterocycles. The minimum Gasteiger partial charge on any atom is -0.288 e. The molecule has 22 heavy (non-hydrogen) atoms. The molecule has 0 unspecified atom stereocenters. The van der Waals surface area contributed by atoms with Crippen molar-refractivity contribution in [3.8, 4) is 12.3 Å². The van der Waals surface area contributed by atoms with Crippen molar-refractivity contribution in [2.75, 3.05) is 13.1 Å². The van der Waals surface area contributed by atoms with Crippen LogP contribution in [-0.4, -0.2) is 27.8 Å². The Labute approximate surface area is 134 Å². The first kappa shape index (κ1) is 16.3. The standard InChI is InChI=1S/C19H25N3/c1-3-13-21(17-19-10-8-18(2)9-11-19)14-5-4-6-15-22-16-7-12-20-22/h1,7-12,16H,4-6,13-15,17H2,2H3. The fraction of sp³-hybridized carbons (Fsp3) is 0.421. The highest BCUT2D eigenvalue weighted by Gasteiger charge is 2.04. The Hall–Kier alpha value is -2.05. The summed E-state index contributed by atoms with van der Waals surface area (Å²) >= 11 is 0. The lowest BCUT2D eigenvalue weighted by Crippen LogP contribution is -2.24. The molecule has 3 nitrogen and oxygen atoms in total. The minimum absolute atomic E-state index is 0.715. The van der Waals surface area contributed by atoms with Gasteiger partial charge in [-0.2, -0.15) is 5.10 Å². The second-order valence-electron chi connectivity index (χ2n) is 5.73. The van der Waals surface area contributed by atoms with Crippen molar-refractivity contribution in [3.63, 3.8) is 0 Å². The highest BCUT2D eigenvalue weighted by molar-refractivity contribution is 5.21. The van der Waals surface area contributed by atoms with Crippen molar-refractivity contribution in [2.45, 2.75) is 39.3 Å². The van der Waals surface area contributed by atoms with Gasteiger partial charge in [0.25, 0.3) is 0 Å². The van der Waals surface area contributed by atoms with E-state index >= 15 is 0 Å². The van der Waals surface area contributed by atoms with Crippen molar-refractivity contribution in [2.24, 2.45) is 0 Å². The van der Waals surface area contributed by atoms with E-state index in [0.29, 0.717) is 6.54 Å². The summed E-state index contributed by atoms with van der Waals surface area (Å²) in [7, 11) is 0. The second kappa shape index (κ2) is 9.07. The number of rotatable bonds is 9. The van der Waals surface area contributed by atoms with E-state index < -0.39 is 0 Å². The molecular formula is C19H25N3. The predicted octanol–water partition coefficient (Wildman–Crippen LogP) is 3.50. The number of terminal acetylenes is 1. The van der Waals surface area contributed by atoms with Crippen LogP contribution in [0.25, 0.3) is 0 Å². The van der Waals surface area contributed by atoms with Crippen LogP contribution in [0.1, 0.15) is 30.4 Å². The normalized spacial score (nSPS) is 10.8. The van der Waals surface area contributed by atoms with Gasteiger partial charge in [-0.25, -0.2) is 0 Å². The molecule has 2 aromatic rings. The molecule has 0 radical (unpaired) electrons. The first-order valence-corrected chi connectivity index (χ1v) is 7.97. The van der Waals surface area contributed by atoms with Gasteiger partial charge in [0.05, 0.1) is 6.54 Å². The topological polar surface area (TPSA) is 21.1 Å². The first-order chi connectivity index (χ1) is 10.8. The van der Waals surface area contributed by atoms with Gasteiger partial charge in [-0.3, -0.25) is 9.58 Å². The molecule has 116 valence electrons. The van der Waals surface area contributed by atoms with Crippen LogP contribution in [0, 0.1) is 19.3 Å². The number of aryl methyl sites for hydroxylation is 2. The second-order valence-corrected chi connectivity index (χ2v) is 5.73. The van der Waals surface area contributed by atoms with Crippen molar-refractivity contribution < 1.29 is 0 Å². The highest BCUT2D eigenvalue weighted by atomic mass is 15.3. The molecule has 0 bridgehead atoms. The zero-order valence-electron chi connectivity index (χ0n) is 13.4. The Morgan fingerprint density at radius 1 is 1.18 bits per heavy atom. The van der Waals surface area contributed by atoms with Gasteiger partial charge >= 0.3 is 0 Å². The summed E-state index contributed by atoms with van der Waals surface area (Å²) < 4.78 is 1.99. The summed E-state index contributed by atoms with van der Waals surface area (Å²) in [6.07, 6.45) is 12.9. The third-order valence-electron chi connectivity index (χ3n) is 3.76. The first-order valence-electron chi connectivity index (χ1n) is 7.97. The van der Waals surface area contributed by atoms with Gasteiger partial charge in [0.2, 0.25) is 0 Å². The largest absolute Gasteiger partial charge is 0.288 e. The average molecular weight is 295 g/mol. The highest BCUT2D eigenvalue weighted by Crippen LogP contribution is 2.08. The lowest BCUT2D eigenvalue weighted by molar-refractivity contribution is 0.289. The van der Waals surface area contributed by atoms with Crippen LogP contribution in [0.3, 0.4) is 0 Å². The summed E-state index contributed by atoms with van der Waals surface area (Å²) in [6.45, 7) is 5.82. The summed E-state index contributed by atoms with van der Waals surface area (Å²) in [5, 5.41) is 4.22. The fourth-order valence-corrected chi connectivity index (χ4v) is 2.51. The van der Waals surface area contributed by atoms with E-state index in [-0.39, 0.29) is 0 Å². The van der Waals surface area contributed by atoms with E-state index in [1.54, 1.807) is 0 Å². The summed E-state index contributed by atoms with van der Waals surface area (Å²) in [5.74, 6) is 2.77. The molecule has 3 heteroatoms. The molecule has 0 amide bonds. The van der Waals surface area contributed by atoms with Crippen LogP contribution >= 0.6 is 0 Å². The van der Waals surface area contributed by atoms with Crippen LogP contribution in [0.4, 0.5) is 0 Å². The van der Waals surface area contributed by atoms with Gasteiger partial charge in [-0.15, -0.1) is 6.42 Å². The molecule has 0 aliphatic heterocycles. The quantitative estimate of drug-likeness (QED) is 0.521. The van der Waals surface area contributed by atoms with Gasteiger partial charge in [-0.1, -0.05) is 42.2 Å². The molecule has 0 saturated heterocycles. The third-order valence-corrected chi connectivity index (χ3v) is 3.76. The fourth-order valence-electron chi connectivity index (χ4n) is 2.51.